The van der Waals surface area contributed by atoms with Crippen LogP contribution in [0, 0.1) is 0 Å². The predicted molar refractivity (Wildman–Crippen MR) is 70.0 cm³/mol. The molecule has 1 aromatic carbocycles. The van der Waals surface area contributed by atoms with Crippen molar-refractivity contribution in [2.75, 3.05) is 0 Å². The van der Waals surface area contributed by atoms with Crippen molar-refractivity contribution in [3.63, 3.8) is 0 Å². The van der Waals surface area contributed by atoms with Crippen molar-refractivity contribution in [3.05, 3.63) is 46.7 Å². The van der Waals surface area contributed by atoms with Gasteiger partial charge < -0.3 is 0 Å². The average molecular weight is 279 g/mol. The standard InChI is InChI=1S/C13H15BrN2/c1-13(2,3)10-8-15-16(9-10)12-6-4-5-11(14)7-12/h4-9H,1-3H3. The first-order valence-electron chi connectivity index (χ1n) is 5.28. The molecule has 2 aromatic rings. The van der Waals surface area contributed by atoms with E-state index in [0.717, 1.165) is 10.2 Å². The van der Waals surface area contributed by atoms with Crippen molar-refractivity contribution in [2.24, 2.45) is 0 Å². The van der Waals surface area contributed by atoms with Gasteiger partial charge in [0.15, 0.2) is 0 Å². The zero-order chi connectivity index (χ0) is 11.8. The van der Waals surface area contributed by atoms with Crippen LogP contribution in [0.4, 0.5) is 0 Å². The van der Waals surface area contributed by atoms with Crippen LogP contribution in [0.5, 0.6) is 0 Å². The number of halogens is 1. The molecule has 2 nitrogen and oxygen atoms in total. The molecule has 84 valence electrons. The molecule has 0 radical (unpaired) electrons. The van der Waals surface area contributed by atoms with Crippen molar-refractivity contribution in [1.82, 2.24) is 9.78 Å². The molecule has 16 heavy (non-hydrogen) atoms. The molecule has 0 N–H and O–H groups in total. The Morgan fingerprint density at radius 2 is 2.00 bits per heavy atom. The summed E-state index contributed by atoms with van der Waals surface area (Å²) in [6.07, 6.45) is 4.02. The van der Waals surface area contributed by atoms with E-state index in [1.165, 1.54) is 5.56 Å². The van der Waals surface area contributed by atoms with Crippen LogP contribution in [0.15, 0.2) is 41.1 Å². The normalized spacial score (nSPS) is 11.8. The third kappa shape index (κ3) is 2.35. The van der Waals surface area contributed by atoms with Crippen LogP contribution in [0.25, 0.3) is 5.69 Å². The second kappa shape index (κ2) is 4.06. The maximum atomic E-state index is 4.39. The van der Waals surface area contributed by atoms with E-state index in [4.69, 9.17) is 0 Å². The molecule has 1 heterocycles. The van der Waals surface area contributed by atoms with Crippen molar-refractivity contribution in [3.8, 4) is 5.69 Å². The van der Waals surface area contributed by atoms with Crippen molar-refractivity contribution in [2.45, 2.75) is 26.2 Å². The lowest BCUT2D eigenvalue weighted by atomic mass is 9.90. The summed E-state index contributed by atoms with van der Waals surface area (Å²) in [7, 11) is 0. The Balaban J connectivity index is 2.39. The zero-order valence-electron chi connectivity index (χ0n) is 9.74. The van der Waals surface area contributed by atoms with Crippen molar-refractivity contribution < 1.29 is 0 Å². The van der Waals surface area contributed by atoms with Crippen LogP contribution in [0.3, 0.4) is 0 Å². The molecule has 0 aliphatic heterocycles. The predicted octanol–water partition coefficient (Wildman–Crippen LogP) is 3.93. The van der Waals surface area contributed by atoms with Crippen molar-refractivity contribution >= 4 is 15.9 Å². The van der Waals surface area contributed by atoms with E-state index in [2.05, 4.69) is 54.1 Å². The molecule has 0 fully saturated rings. The first-order valence-corrected chi connectivity index (χ1v) is 6.07. The summed E-state index contributed by atoms with van der Waals surface area (Å²) in [5.41, 5.74) is 2.46. The van der Waals surface area contributed by atoms with Gasteiger partial charge in [-0.25, -0.2) is 4.68 Å². The second-order valence-electron chi connectivity index (χ2n) is 4.90. The fourth-order valence-electron chi connectivity index (χ4n) is 1.47. The van der Waals surface area contributed by atoms with Gasteiger partial charge in [0.2, 0.25) is 0 Å². The van der Waals surface area contributed by atoms with E-state index in [9.17, 15) is 0 Å². The minimum atomic E-state index is 0.143. The highest BCUT2D eigenvalue weighted by atomic mass is 79.9. The monoisotopic (exact) mass is 278 g/mol. The minimum absolute atomic E-state index is 0.143. The lowest BCUT2D eigenvalue weighted by Gasteiger charge is -2.15. The number of hydrogen-bond donors (Lipinski definition) is 0. The fraction of sp³-hybridized carbons (Fsp3) is 0.308. The van der Waals surface area contributed by atoms with Gasteiger partial charge in [-0.3, -0.25) is 0 Å². The summed E-state index contributed by atoms with van der Waals surface area (Å²) in [5, 5.41) is 4.39. The van der Waals surface area contributed by atoms with Crippen LogP contribution in [-0.4, -0.2) is 9.78 Å². The lowest BCUT2D eigenvalue weighted by molar-refractivity contribution is 0.590. The smallest absolute Gasteiger partial charge is 0.0656 e. The quantitative estimate of drug-likeness (QED) is 0.773. The van der Waals surface area contributed by atoms with Gasteiger partial charge in [0.1, 0.15) is 0 Å². The molecule has 1 aromatic heterocycles. The molecule has 0 spiro atoms. The van der Waals surface area contributed by atoms with E-state index >= 15 is 0 Å². The Morgan fingerprint density at radius 3 is 2.56 bits per heavy atom. The maximum Gasteiger partial charge on any atom is 0.0656 e. The molecule has 2 rings (SSSR count). The van der Waals surface area contributed by atoms with Gasteiger partial charge in [-0.05, 0) is 29.2 Å². The molecule has 0 amide bonds. The van der Waals surface area contributed by atoms with Crippen LogP contribution < -0.4 is 0 Å². The Kier molecular flexibility index (Phi) is 2.89. The van der Waals surface area contributed by atoms with Gasteiger partial charge in [0.05, 0.1) is 11.9 Å². The highest BCUT2D eigenvalue weighted by Crippen LogP contribution is 2.23. The van der Waals surface area contributed by atoms with Crippen LogP contribution in [-0.2, 0) is 5.41 Å². The van der Waals surface area contributed by atoms with E-state index in [1.807, 2.05) is 29.1 Å². The van der Waals surface area contributed by atoms with E-state index < -0.39 is 0 Å². The van der Waals surface area contributed by atoms with Gasteiger partial charge >= 0.3 is 0 Å². The zero-order valence-corrected chi connectivity index (χ0v) is 11.3. The van der Waals surface area contributed by atoms with Gasteiger partial charge in [-0.2, -0.15) is 5.10 Å². The average Bonchev–Trinajstić information content (AvgIpc) is 2.65. The Labute approximate surface area is 104 Å². The highest BCUT2D eigenvalue weighted by Gasteiger charge is 2.15. The first kappa shape index (κ1) is 11.4. The first-order chi connectivity index (χ1) is 7.47. The van der Waals surface area contributed by atoms with Gasteiger partial charge in [-0.15, -0.1) is 0 Å². The van der Waals surface area contributed by atoms with E-state index in [0.29, 0.717) is 0 Å². The largest absolute Gasteiger partial charge is 0.241 e. The molecule has 0 saturated carbocycles. The maximum absolute atomic E-state index is 4.39. The van der Waals surface area contributed by atoms with Crippen molar-refractivity contribution in [1.29, 1.82) is 0 Å². The summed E-state index contributed by atoms with van der Waals surface area (Å²) < 4.78 is 2.98. The molecule has 0 atom stereocenters. The van der Waals surface area contributed by atoms with E-state index in [-0.39, 0.29) is 5.41 Å². The Bertz CT molecular complexity index is 495. The number of benzene rings is 1. The van der Waals surface area contributed by atoms with E-state index in [1.54, 1.807) is 0 Å². The van der Waals surface area contributed by atoms with Gasteiger partial charge in [0.25, 0.3) is 0 Å². The summed E-state index contributed by atoms with van der Waals surface area (Å²) in [5.74, 6) is 0. The molecular formula is C13H15BrN2. The van der Waals surface area contributed by atoms with Crippen LogP contribution >= 0.6 is 15.9 Å². The third-order valence-corrected chi connectivity index (χ3v) is 3.01. The minimum Gasteiger partial charge on any atom is -0.241 e. The second-order valence-corrected chi connectivity index (χ2v) is 5.82. The molecular weight excluding hydrogens is 264 g/mol. The number of nitrogens with zero attached hydrogens (tertiary/aromatic N) is 2. The van der Waals surface area contributed by atoms with Crippen LogP contribution in [0.2, 0.25) is 0 Å². The number of rotatable bonds is 1. The third-order valence-electron chi connectivity index (χ3n) is 2.52. The lowest BCUT2D eigenvalue weighted by Crippen LogP contribution is -2.09. The number of aromatic nitrogens is 2. The molecule has 3 heteroatoms. The van der Waals surface area contributed by atoms with Gasteiger partial charge in [-0.1, -0.05) is 42.8 Å². The molecule has 0 unspecified atom stereocenters. The number of hydrogen-bond acceptors (Lipinski definition) is 1. The molecule has 0 aliphatic carbocycles. The molecule has 0 bridgehead atoms. The topological polar surface area (TPSA) is 17.8 Å². The Morgan fingerprint density at radius 1 is 1.25 bits per heavy atom. The Hall–Kier alpha value is -1.09. The molecule has 0 saturated heterocycles. The summed E-state index contributed by atoms with van der Waals surface area (Å²) >= 11 is 3.46. The summed E-state index contributed by atoms with van der Waals surface area (Å²) in [4.78, 5) is 0. The summed E-state index contributed by atoms with van der Waals surface area (Å²) in [6, 6.07) is 8.12. The van der Waals surface area contributed by atoms with Crippen LogP contribution in [0.1, 0.15) is 26.3 Å². The summed E-state index contributed by atoms with van der Waals surface area (Å²) in [6.45, 7) is 6.57. The van der Waals surface area contributed by atoms with Gasteiger partial charge in [0, 0.05) is 10.7 Å². The SMILES string of the molecule is CC(C)(C)c1cnn(-c2cccc(Br)c2)c1. The highest BCUT2D eigenvalue weighted by molar-refractivity contribution is 9.10. The molecule has 0 aliphatic rings. The fourth-order valence-corrected chi connectivity index (χ4v) is 1.86.